The van der Waals surface area contributed by atoms with Gasteiger partial charge in [-0.15, -0.1) is 0 Å². The zero-order valence-corrected chi connectivity index (χ0v) is 20.5. The Labute approximate surface area is 191 Å². The van der Waals surface area contributed by atoms with Crippen LogP contribution in [-0.4, -0.2) is 29.8 Å². The average molecular weight is 433 g/mol. The van der Waals surface area contributed by atoms with Crippen LogP contribution in [0, 0.1) is 6.92 Å². The number of allylic oxidation sites excluding steroid dienone is 1. The molecule has 0 spiro atoms. The molecule has 0 aliphatic carbocycles. The molecule has 0 bridgehead atoms. The van der Waals surface area contributed by atoms with Gasteiger partial charge in [-0.25, -0.2) is 4.98 Å². The summed E-state index contributed by atoms with van der Waals surface area (Å²) in [6.45, 7) is 13.2. The first-order valence-electron chi connectivity index (χ1n) is 11.6. The van der Waals surface area contributed by atoms with Gasteiger partial charge in [0.2, 0.25) is 0 Å². The van der Waals surface area contributed by atoms with Gasteiger partial charge in [0.15, 0.2) is 0 Å². The lowest BCUT2D eigenvalue weighted by Gasteiger charge is -2.17. The number of benzene rings is 2. The first-order chi connectivity index (χ1) is 15.4. The monoisotopic (exact) mass is 432 g/mol. The SMILES string of the molecule is C/C=c1\c(=C/C)c2nc(C)cnc2c2c(C(C)CCCO/C(C)=C\C(C)OC)cccc12. The zero-order valence-electron chi connectivity index (χ0n) is 20.5. The largest absolute Gasteiger partial charge is 0.498 e. The second-order valence-electron chi connectivity index (χ2n) is 8.49. The molecule has 2 aromatic carbocycles. The highest BCUT2D eigenvalue weighted by Crippen LogP contribution is 2.30. The standard InChI is InChI=1S/C28H36N2O2/c1-8-22-23(9-2)27-28(29-17-19(4)30-27)26-24(13-10-14-25(22)26)18(3)12-11-15-32-21(6)16-20(5)31-7/h8-10,13-14,16-18,20H,11-12,15H2,1-7H3/b21-16-,22-8+,23-9+. The lowest BCUT2D eigenvalue weighted by atomic mass is 9.89. The molecule has 0 amide bonds. The van der Waals surface area contributed by atoms with Crippen LogP contribution in [0.1, 0.15) is 64.6 Å². The van der Waals surface area contributed by atoms with Gasteiger partial charge < -0.3 is 9.47 Å². The Morgan fingerprint density at radius 3 is 2.53 bits per heavy atom. The third-order valence-electron chi connectivity index (χ3n) is 6.12. The maximum absolute atomic E-state index is 5.89. The first-order valence-corrected chi connectivity index (χ1v) is 11.6. The molecule has 4 nitrogen and oxygen atoms in total. The minimum atomic E-state index is 0.0671. The maximum Gasteiger partial charge on any atom is 0.0974 e. The summed E-state index contributed by atoms with van der Waals surface area (Å²) in [6.07, 6.45) is 10.3. The van der Waals surface area contributed by atoms with Crippen molar-refractivity contribution in [1.29, 1.82) is 0 Å². The van der Waals surface area contributed by atoms with Crippen molar-refractivity contribution in [1.82, 2.24) is 9.97 Å². The van der Waals surface area contributed by atoms with Crippen molar-refractivity contribution in [2.75, 3.05) is 13.7 Å². The summed E-state index contributed by atoms with van der Waals surface area (Å²) in [6, 6.07) is 6.63. The summed E-state index contributed by atoms with van der Waals surface area (Å²) in [5, 5.41) is 4.88. The Morgan fingerprint density at radius 1 is 1.09 bits per heavy atom. The molecule has 2 atom stereocenters. The van der Waals surface area contributed by atoms with E-state index < -0.39 is 0 Å². The molecule has 1 aromatic heterocycles. The maximum atomic E-state index is 5.89. The van der Waals surface area contributed by atoms with Crippen molar-refractivity contribution in [2.24, 2.45) is 0 Å². The number of methoxy groups -OCH3 is 1. The number of aromatic nitrogens is 2. The van der Waals surface area contributed by atoms with E-state index in [-0.39, 0.29) is 6.10 Å². The highest BCUT2D eigenvalue weighted by Gasteiger charge is 2.15. The van der Waals surface area contributed by atoms with Crippen molar-refractivity contribution in [3.8, 4) is 0 Å². The summed E-state index contributed by atoms with van der Waals surface area (Å²) in [5.74, 6) is 1.30. The number of hydrogen-bond acceptors (Lipinski definition) is 4. The molecule has 0 aliphatic rings. The summed E-state index contributed by atoms with van der Waals surface area (Å²) in [7, 11) is 1.71. The summed E-state index contributed by atoms with van der Waals surface area (Å²) >= 11 is 0. The fourth-order valence-corrected chi connectivity index (χ4v) is 4.42. The minimum absolute atomic E-state index is 0.0671. The van der Waals surface area contributed by atoms with Crippen LogP contribution in [0.2, 0.25) is 0 Å². The predicted molar refractivity (Wildman–Crippen MR) is 135 cm³/mol. The summed E-state index contributed by atoms with van der Waals surface area (Å²) in [5.41, 5.74) is 4.26. The molecule has 0 N–H and O–H groups in total. The number of rotatable bonds is 8. The smallest absolute Gasteiger partial charge is 0.0974 e. The van der Waals surface area contributed by atoms with E-state index in [9.17, 15) is 0 Å². The molecule has 32 heavy (non-hydrogen) atoms. The molecule has 3 aromatic rings. The van der Waals surface area contributed by atoms with Gasteiger partial charge in [0, 0.05) is 23.9 Å². The van der Waals surface area contributed by atoms with E-state index in [1.54, 1.807) is 7.11 Å². The lowest BCUT2D eigenvalue weighted by Crippen LogP contribution is -2.27. The number of aryl methyl sites for hydroxylation is 1. The van der Waals surface area contributed by atoms with E-state index in [2.05, 4.69) is 51.1 Å². The van der Waals surface area contributed by atoms with Crippen LogP contribution in [-0.2, 0) is 9.47 Å². The van der Waals surface area contributed by atoms with Crippen LogP contribution < -0.4 is 10.4 Å². The molecule has 2 unspecified atom stereocenters. The van der Waals surface area contributed by atoms with E-state index in [1.165, 1.54) is 21.6 Å². The quantitative estimate of drug-likeness (QED) is 0.267. The Bertz CT molecular complexity index is 1240. The molecule has 0 radical (unpaired) electrons. The minimum Gasteiger partial charge on any atom is -0.498 e. The van der Waals surface area contributed by atoms with Gasteiger partial charge in [0.1, 0.15) is 0 Å². The number of fused-ring (bicyclic) bond motifs is 3. The van der Waals surface area contributed by atoms with E-state index in [0.29, 0.717) is 12.5 Å². The number of ether oxygens (including phenoxy) is 2. The van der Waals surface area contributed by atoms with Crippen molar-refractivity contribution < 1.29 is 9.47 Å². The van der Waals surface area contributed by atoms with E-state index in [1.807, 2.05) is 33.0 Å². The van der Waals surface area contributed by atoms with Gasteiger partial charge in [-0.2, -0.15) is 0 Å². The van der Waals surface area contributed by atoms with E-state index in [0.717, 1.165) is 40.5 Å². The second kappa shape index (κ2) is 10.7. The Balaban J connectivity index is 1.97. The first kappa shape index (κ1) is 23.9. The Kier molecular flexibility index (Phi) is 8.03. The van der Waals surface area contributed by atoms with Crippen molar-refractivity contribution in [3.63, 3.8) is 0 Å². The molecule has 1 heterocycles. The highest BCUT2D eigenvalue weighted by molar-refractivity contribution is 6.06. The van der Waals surface area contributed by atoms with Crippen molar-refractivity contribution in [2.45, 2.75) is 66.4 Å². The highest BCUT2D eigenvalue weighted by atomic mass is 16.5. The second-order valence-corrected chi connectivity index (χ2v) is 8.49. The summed E-state index contributed by atoms with van der Waals surface area (Å²) in [4.78, 5) is 9.73. The Morgan fingerprint density at radius 2 is 1.84 bits per heavy atom. The van der Waals surface area contributed by atoms with Gasteiger partial charge in [-0.1, -0.05) is 37.3 Å². The number of hydrogen-bond donors (Lipinski definition) is 0. The normalized spacial score (nSPS) is 15.5. The van der Waals surface area contributed by atoms with Gasteiger partial charge in [0.25, 0.3) is 0 Å². The van der Waals surface area contributed by atoms with Crippen LogP contribution in [0.4, 0.5) is 0 Å². The molecule has 0 saturated heterocycles. The van der Waals surface area contributed by atoms with Gasteiger partial charge in [-0.05, 0) is 75.6 Å². The molecule has 3 rings (SSSR count). The molecule has 0 aliphatic heterocycles. The molecule has 170 valence electrons. The third kappa shape index (κ3) is 5.02. The van der Waals surface area contributed by atoms with Crippen molar-refractivity contribution in [3.05, 3.63) is 57.9 Å². The van der Waals surface area contributed by atoms with Crippen LogP contribution in [0.25, 0.3) is 34.0 Å². The van der Waals surface area contributed by atoms with Crippen molar-refractivity contribution >= 4 is 34.0 Å². The predicted octanol–water partition coefficient (Wildman–Crippen LogP) is 5.53. The van der Waals surface area contributed by atoms with Crippen LogP contribution in [0.3, 0.4) is 0 Å². The third-order valence-corrected chi connectivity index (χ3v) is 6.12. The fraction of sp³-hybridized carbons (Fsp3) is 0.429. The van der Waals surface area contributed by atoms with Gasteiger partial charge in [0.05, 0.1) is 35.2 Å². The summed E-state index contributed by atoms with van der Waals surface area (Å²) < 4.78 is 11.2. The molecular weight excluding hydrogens is 396 g/mol. The van der Waals surface area contributed by atoms with Crippen LogP contribution in [0.15, 0.2) is 36.2 Å². The fourth-order valence-electron chi connectivity index (χ4n) is 4.42. The lowest BCUT2D eigenvalue weighted by molar-refractivity contribution is 0.145. The zero-order chi connectivity index (χ0) is 23.3. The average Bonchev–Trinajstić information content (AvgIpc) is 2.79. The van der Waals surface area contributed by atoms with E-state index in [4.69, 9.17) is 19.4 Å². The van der Waals surface area contributed by atoms with Gasteiger partial charge >= 0.3 is 0 Å². The number of nitrogens with zero attached hydrogens (tertiary/aromatic N) is 2. The topological polar surface area (TPSA) is 44.2 Å². The Hall–Kier alpha value is -2.72. The molecule has 4 heteroatoms. The van der Waals surface area contributed by atoms with E-state index >= 15 is 0 Å². The molecule has 0 fully saturated rings. The van der Waals surface area contributed by atoms with Crippen LogP contribution in [0.5, 0.6) is 0 Å². The van der Waals surface area contributed by atoms with Gasteiger partial charge in [-0.3, -0.25) is 4.98 Å². The molecular formula is C28H36N2O2. The van der Waals surface area contributed by atoms with Crippen LogP contribution >= 0.6 is 0 Å². The molecule has 0 saturated carbocycles.